The van der Waals surface area contributed by atoms with Gasteiger partial charge in [-0.05, 0) is 34.7 Å². The zero-order valence-electron chi connectivity index (χ0n) is 14.6. The lowest BCUT2D eigenvalue weighted by molar-refractivity contribution is 0.0855. The largest absolute Gasteiger partial charge is 0.329 e. The third-order valence-corrected chi connectivity index (χ3v) is 7.10. The SMILES string of the molecule is N#Cc1ccc(CN2c3ccsc3C(=O)N(Cc3ccccc3)S2(=O)=O)cc1. The first kappa shape index (κ1) is 18.2. The molecule has 0 bridgehead atoms. The maximum Gasteiger partial charge on any atom is 0.329 e. The summed E-state index contributed by atoms with van der Waals surface area (Å²) in [6.07, 6.45) is 0. The van der Waals surface area contributed by atoms with E-state index in [4.69, 9.17) is 5.26 Å². The number of rotatable bonds is 4. The molecule has 8 heteroatoms. The quantitative estimate of drug-likeness (QED) is 0.660. The van der Waals surface area contributed by atoms with Gasteiger partial charge in [-0.3, -0.25) is 4.79 Å². The van der Waals surface area contributed by atoms with E-state index < -0.39 is 16.1 Å². The van der Waals surface area contributed by atoms with E-state index in [9.17, 15) is 13.2 Å². The maximum absolute atomic E-state index is 13.3. The van der Waals surface area contributed by atoms with Crippen LogP contribution in [-0.2, 0) is 23.3 Å². The summed E-state index contributed by atoms with van der Waals surface area (Å²) in [4.78, 5) is 13.3. The van der Waals surface area contributed by atoms with Crippen LogP contribution in [0.3, 0.4) is 0 Å². The van der Waals surface area contributed by atoms with Crippen LogP contribution in [0.2, 0.25) is 0 Å². The standard InChI is InChI=1S/C20H15N3O3S2/c21-12-15-6-8-17(9-7-15)13-22-18-10-11-27-19(18)20(24)23(28(22,25)26)14-16-4-2-1-3-5-16/h1-11H,13-14H2. The van der Waals surface area contributed by atoms with Crippen LogP contribution in [0.25, 0.3) is 0 Å². The van der Waals surface area contributed by atoms with Gasteiger partial charge < -0.3 is 0 Å². The normalized spacial score (nSPS) is 15.2. The van der Waals surface area contributed by atoms with Crippen molar-refractivity contribution >= 4 is 33.1 Å². The first-order valence-electron chi connectivity index (χ1n) is 8.46. The molecule has 28 heavy (non-hydrogen) atoms. The summed E-state index contributed by atoms with van der Waals surface area (Å²) in [5.41, 5.74) is 2.36. The predicted octanol–water partition coefficient (Wildman–Crippen LogP) is 3.53. The summed E-state index contributed by atoms with van der Waals surface area (Å²) >= 11 is 1.23. The summed E-state index contributed by atoms with van der Waals surface area (Å²) in [5.74, 6) is -0.509. The second kappa shape index (κ2) is 7.11. The van der Waals surface area contributed by atoms with Gasteiger partial charge in [0.25, 0.3) is 5.91 Å². The van der Waals surface area contributed by atoms with Crippen LogP contribution < -0.4 is 4.31 Å². The van der Waals surface area contributed by atoms with E-state index in [-0.39, 0.29) is 13.1 Å². The van der Waals surface area contributed by atoms with Gasteiger partial charge in [-0.1, -0.05) is 42.5 Å². The van der Waals surface area contributed by atoms with Crippen molar-refractivity contribution in [2.45, 2.75) is 13.1 Å². The minimum atomic E-state index is -4.05. The topological polar surface area (TPSA) is 81.5 Å². The molecule has 1 aliphatic heterocycles. The summed E-state index contributed by atoms with van der Waals surface area (Å²) in [5, 5.41) is 10.7. The van der Waals surface area contributed by atoms with Crippen molar-refractivity contribution < 1.29 is 13.2 Å². The van der Waals surface area contributed by atoms with Gasteiger partial charge in [0.2, 0.25) is 0 Å². The molecule has 0 radical (unpaired) electrons. The van der Waals surface area contributed by atoms with E-state index >= 15 is 0 Å². The summed E-state index contributed by atoms with van der Waals surface area (Å²) in [6, 6.07) is 19.5. The van der Waals surface area contributed by atoms with Crippen LogP contribution in [0.5, 0.6) is 0 Å². The number of hydrogen-bond donors (Lipinski definition) is 0. The van der Waals surface area contributed by atoms with Gasteiger partial charge in [0, 0.05) is 0 Å². The zero-order chi connectivity index (χ0) is 19.7. The lowest BCUT2D eigenvalue weighted by atomic mass is 10.1. The highest BCUT2D eigenvalue weighted by Gasteiger charge is 2.42. The number of carbonyl (C=O) groups excluding carboxylic acids is 1. The fourth-order valence-corrected chi connectivity index (χ4v) is 5.56. The van der Waals surface area contributed by atoms with Crippen molar-refractivity contribution in [3.05, 3.63) is 87.6 Å². The van der Waals surface area contributed by atoms with Crippen LogP contribution in [-0.4, -0.2) is 18.6 Å². The number of amides is 1. The van der Waals surface area contributed by atoms with Crippen LogP contribution >= 0.6 is 11.3 Å². The summed E-state index contributed by atoms with van der Waals surface area (Å²) in [6.45, 7) is 0.0551. The molecule has 1 aromatic heterocycles. The second-order valence-electron chi connectivity index (χ2n) is 6.26. The molecule has 0 saturated carbocycles. The molecule has 4 rings (SSSR count). The summed E-state index contributed by atoms with van der Waals surface area (Å²) < 4.78 is 28.8. The van der Waals surface area contributed by atoms with Crippen molar-refractivity contribution in [3.63, 3.8) is 0 Å². The van der Waals surface area contributed by atoms with E-state index in [1.165, 1.54) is 15.6 Å². The van der Waals surface area contributed by atoms with Gasteiger partial charge in [0.1, 0.15) is 4.88 Å². The van der Waals surface area contributed by atoms with Gasteiger partial charge in [-0.2, -0.15) is 13.7 Å². The monoisotopic (exact) mass is 409 g/mol. The average molecular weight is 409 g/mol. The molecule has 0 spiro atoms. The highest BCUT2D eigenvalue weighted by Crippen LogP contribution is 2.37. The molecule has 0 N–H and O–H groups in total. The Kier molecular flexibility index (Phi) is 4.63. The molecular formula is C20H15N3O3S2. The number of nitrogens with zero attached hydrogens (tertiary/aromatic N) is 3. The first-order valence-corrected chi connectivity index (χ1v) is 10.7. The number of thiophene rings is 1. The molecule has 3 aromatic rings. The van der Waals surface area contributed by atoms with Crippen LogP contribution in [0, 0.1) is 11.3 Å². The van der Waals surface area contributed by atoms with Gasteiger partial charge in [0.15, 0.2) is 0 Å². The lowest BCUT2D eigenvalue weighted by Crippen LogP contribution is -2.50. The molecule has 2 aromatic carbocycles. The third kappa shape index (κ3) is 3.15. The number of carbonyl (C=O) groups is 1. The van der Waals surface area contributed by atoms with E-state index in [1.54, 1.807) is 47.8 Å². The minimum Gasteiger partial charge on any atom is -0.267 e. The predicted molar refractivity (Wildman–Crippen MR) is 107 cm³/mol. The smallest absolute Gasteiger partial charge is 0.267 e. The molecule has 0 unspecified atom stereocenters. The van der Waals surface area contributed by atoms with E-state index in [2.05, 4.69) is 0 Å². The Hall–Kier alpha value is -3.15. The molecule has 1 aliphatic rings. The fraction of sp³-hybridized carbons (Fsp3) is 0.100. The first-order chi connectivity index (χ1) is 13.5. The molecule has 1 amide bonds. The molecule has 0 fully saturated rings. The Balaban J connectivity index is 1.73. The van der Waals surface area contributed by atoms with Gasteiger partial charge in [-0.15, -0.1) is 11.3 Å². The molecule has 2 heterocycles. The van der Waals surface area contributed by atoms with Gasteiger partial charge in [-0.25, -0.2) is 8.61 Å². The molecule has 0 aliphatic carbocycles. The highest BCUT2D eigenvalue weighted by atomic mass is 32.2. The van der Waals surface area contributed by atoms with E-state index in [0.717, 1.165) is 15.4 Å². The number of nitriles is 1. The van der Waals surface area contributed by atoms with E-state index in [1.807, 2.05) is 24.3 Å². The van der Waals surface area contributed by atoms with Crippen LogP contribution in [0.15, 0.2) is 66.0 Å². The molecule has 6 nitrogen and oxygen atoms in total. The second-order valence-corrected chi connectivity index (χ2v) is 8.95. The summed E-state index contributed by atoms with van der Waals surface area (Å²) in [7, 11) is -4.05. The Morgan fingerprint density at radius 1 is 0.893 bits per heavy atom. The third-order valence-electron chi connectivity index (χ3n) is 4.47. The minimum absolute atomic E-state index is 0.0246. The van der Waals surface area contributed by atoms with Crippen molar-refractivity contribution in [1.29, 1.82) is 5.26 Å². The van der Waals surface area contributed by atoms with Crippen molar-refractivity contribution in [2.75, 3.05) is 4.31 Å². The van der Waals surface area contributed by atoms with Crippen molar-refractivity contribution in [1.82, 2.24) is 4.31 Å². The average Bonchev–Trinajstić information content (AvgIpc) is 3.19. The van der Waals surface area contributed by atoms with Gasteiger partial charge >= 0.3 is 10.2 Å². The number of fused-ring (bicyclic) bond motifs is 1. The Labute approximate surface area is 167 Å². The highest BCUT2D eigenvalue weighted by molar-refractivity contribution is 7.91. The number of anilines is 1. The zero-order valence-corrected chi connectivity index (χ0v) is 16.3. The molecular weight excluding hydrogens is 394 g/mol. The van der Waals surface area contributed by atoms with Crippen molar-refractivity contribution in [2.24, 2.45) is 0 Å². The Morgan fingerprint density at radius 2 is 1.54 bits per heavy atom. The molecule has 0 saturated heterocycles. The maximum atomic E-state index is 13.3. The van der Waals surface area contributed by atoms with E-state index in [0.29, 0.717) is 16.1 Å². The van der Waals surface area contributed by atoms with Crippen LogP contribution in [0.1, 0.15) is 26.4 Å². The molecule has 0 atom stereocenters. The Morgan fingerprint density at radius 3 is 2.21 bits per heavy atom. The molecule has 140 valence electrons. The lowest BCUT2D eigenvalue weighted by Gasteiger charge is -2.35. The van der Waals surface area contributed by atoms with Crippen molar-refractivity contribution in [3.8, 4) is 6.07 Å². The van der Waals surface area contributed by atoms with Crippen LogP contribution in [0.4, 0.5) is 5.69 Å². The number of hydrogen-bond acceptors (Lipinski definition) is 5. The Bertz CT molecular complexity index is 1160. The van der Waals surface area contributed by atoms with Gasteiger partial charge in [0.05, 0.1) is 30.4 Å². The fourth-order valence-electron chi connectivity index (χ4n) is 3.04. The number of benzene rings is 2.